The first-order valence-electron chi connectivity index (χ1n) is 8.22. The SMILES string of the molecule is CCOCCN1CC(CC(C)C)NCC12CCCC2. The molecular weight excluding hydrogens is 236 g/mol. The molecule has 0 aromatic carbocycles. The van der Waals surface area contributed by atoms with Crippen molar-refractivity contribution in [1.82, 2.24) is 10.2 Å². The molecule has 3 heteroatoms. The largest absolute Gasteiger partial charge is 0.380 e. The summed E-state index contributed by atoms with van der Waals surface area (Å²) in [4.78, 5) is 2.75. The van der Waals surface area contributed by atoms with Gasteiger partial charge in [-0.2, -0.15) is 0 Å². The Balaban J connectivity index is 1.93. The summed E-state index contributed by atoms with van der Waals surface area (Å²) in [6.45, 7) is 12.0. The fraction of sp³-hybridized carbons (Fsp3) is 1.00. The van der Waals surface area contributed by atoms with Gasteiger partial charge in [-0.25, -0.2) is 0 Å². The summed E-state index contributed by atoms with van der Waals surface area (Å²) in [7, 11) is 0. The first-order valence-corrected chi connectivity index (χ1v) is 8.22. The van der Waals surface area contributed by atoms with Gasteiger partial charge in [0.25, 0.3) is 0 Å². The van der Waals surface area contributed by atoms with Crippen LogP contribution in [0.2, 0.25) is 0 Å². The lowest BCUT2D eigenvalue weighted by Gasteiger charge is -2.48. The van der Waals surface area contributed by atoms with Gasteiger partial charge in [-0.3, -0.25) is 4.90 Å². The Morgan fingerprint density at radius 2 is 2.05 bits per heavy atom. The second kappa shape index (κ2) is 7.05. The van der Waals surface area contributed by atoms with Gasteiger partial charge < -0.3 is 10.1 Å². The smallest absolute Gasteiger partial charge is 0.0593 e. The Morgan fingerprint density at radius 1 is 1.32 bits per heavy atom. The molecule has 1 aliphatic carbocycles. The third kappa shape index (κ3) is 3.93. The summed E-state index contributed by atoms with van der Waals surface area (Å²) in [6, 6.07) is 0.674. The summed E-state index contributed by atoms with van der Waals surface area (Å²) < 4.78 is 5.59. The van der Waals surface area contributed by atoms with E-state index in [1.165, 1.54) is 45.2 Å². The lowest BCUT2D eigenvalue weighted by atomic mass is 9.89. The predicted molar refractivity (Wildman–Crippen MR) is 80.5 cm³/mol. The van der Waals surface area contributed by atoms with E-state index in [0.717, 1.165) is 25.7 Å². The van der Waals surface area contributed by atoms with Crippen molar-refractivity contribution in [1.29, 1.82) is 0 Å². The predicted octanol–water partition coefficient (Wildman–Crippen LogP) is 2.66. The van der Waals surface area contributed by atoms with Gasteiger partial charge in [0.05, 0.1) is 6.61 Å². The van der Waals surface area contributed by atoms with Gasteiger partial charge in [0.2, 0.25) is 0 Å². The van der Waals surface area contributed by atoms with Crippen molar-refractivity contribution in [3.05, 3.63) is 0 Å². The summed E-state index contributed by atoms with van der Waals surface area (Å²) >= 11 is 0. The van der Waals surface area contributed by atoms with Crippen LogP contribution in [0.1, 0.15) is 52.9 Å². The van der Waals surface area contributed by atoms with Crippen LogP contribution in [-0.2, 0) is 4.74 Å². The van der Waals surface area contributed by atoms with Crippen LogP contribution in [0.4, 0.5) is 0 Å². The van der Waals surface area contributed by atoms with Gasteiger partial charge in [0, 0.05) is 37.8 Å². The van der Waals surface area contributed by atoms with E-state index in [1.807, 2.05) is 0 Å². The van der Waals surface area contributed by atoms with E-state index in [2.05, 4.69) is 31.0 Å². The Morgan fingerprint density at radius 3 is 2.68 bits per heavy atom. The van der Waals surface area contributed by atoms with E-state index < -0.39 is 0 Å². The zero-order valence-corrected chi connectivity index (χ0v) is 13.1. The fourth-order valence-corrected chi connectivity index (χ4v) is 3.87. The van der Waals surface area contributed by atoms with Crippen molar-refractivity contribution in [3.63, 3.8) is 0 Å². The maximum absolute atomic E-state index is 5.59. The van der Waals surface area contributed by atoms with Crippen molar-refractivity contribution in [3.8, 4) is 0 Å². The third-order valence-corrected chi connectivity index (χ3v) is 4.83. The molecule has 1 saturated heterocycles. The Hall–Kier alpha value is -0.120. The number of rotatable bonds is 6. The van der Waals surface area contributed by atoms with Crippen LogP contribution in [0.3, 0.4) is 0 Å². The van der Waals surface area contributed by atoms with E-state index in [0.29, 0.717) is 11.6 Å². The number of hydrogen-bond donors (Lipinski definition) is 1. The molecule has 1 aliphatic heterocycles. The van der Waals surface area contributed by atoms with Crippen LogP contribution < -0.4 is 5.32 Å². The van der Waals surface area contributed by atoms with Crippen LogP contribution in [0, 0.1) is 5.92 Å². The molecule has 1 spiro atoms. The van der Waals surface area contributed by atoms with Gasteiger partial charge in [-0.1, -0.05) is 26.7 Å². The quantitative estimate of drug-likeness (QED) is 0.750. The molecule has 2 rings (SSSR count). The van der Waals surface area contributed by atoms with Crippen LogP contribution in [0.25, 0.3) is 0 Å². The van der Waals surface area contributed by atoms with E-state index >= 15 is 0 Å². The second-order valence-corrected chi connectivity index (χ2v) is 6.78. The highest BCUT2D eigenvalue weighted by Gasteiger charge is 2.43. The maximum atomic E-state index is 5.59. The Bertz CT molecular complexity index is 261. The van der Waals surface area contributed by atoms with E-state index in [4.69, 9.17) is 4.74 Å². The molecule has 0 bridgehead atoms. The monoisotopic (exact) mass is 268 g/mol. The number of nitrogens with zero attached hydrogens (tertiary/aromatic N) is 1. The van der Waals surface area contributed by atoms with E-state index in [-0.39, 0.29) is 0 Å². The molecule has 1 unspecified atom stereocenters. The summed E-state index contributed by atoms with van der Waals surface area (Å²) in [6.07, 6.45) is 6.85. The topological polar surface area (TPSA) is 24.5 Å². The normalized spacial score (nSPS) is 27.5. The second-order valence-electron chi connectivity index (χ2n) is 6.78. The number of hydrogen-bond acceptors (Lipinski definition) is 3. The molecule has 0 radical (unpaired) electrons. The zero-order valence-electron chi connectivity index (χ0n) is 13.1. The lowest BCUT2D eigenvalue weighted by molar-refractivity contribution is 0.0119. The van der Waals surface area contributed by atoms with Crippen LogP contribution in [-0.4, -0.2) is 49.3 Å². The number of piperazine rings is 1. The minimum absolute atomic E-state index is 0.449. The van der Waals surface area contributed by atoms with Crippen molar-refractivity contribution in [2.24, 2.45) is 5.92 Å². The highest BCUT2D eigenvalue weighted by Crippen LogP contribution is 2.37. The van der Waals surface area contributed by atoms with Crippen molar-refractivity contribution in [2.45, 2.75) is 64.5 Å². The van der Waals surface area contributed by atoms with E-state index in [9.17, 15) is 0 Å². The first-order chi connectivity index (χ1) is 9.16. The van der Waals surface area contributed by atoms with Gasteiger partial charge in [0.15, 0.2) is 0 Å². The summed E-state index contributed by atoms with van der Waals surface area (Å²) in [5, 5.41) is 3.82. The molecule has 2 aliphatic rings. The fourth-order valence-electron chi connectivity index (χ4n) is 3.87. The Kier molecular flexibility index (Phi) is 5.67. The molecule has 3 nitrogen and oxygen atoms in total. The first kappa shape index (κ1) is 15.3. The third-order valence-electron chi connectivity index (χ3n) is 4.83. The van der Waals surface area contributed by atoms with Gasteiger partial charge >= 0.3 is 0 Å². The summed E-state index contributed by atoms with van der Waals surface area (Å²) in [5.41, 5.74) is 0.449. The van der Waals surface area contributed by atoms with Gasteiger partial charge in [-0.15, -0.1) is 0 Å². The van der Waals surface area contributed by atoms with Gasteiger partial charge in [0.1, 0.15) is 0 Å². The minimum atomic E-state index is 0.449. The molecule has 1 atom stereocenters. The van der Waals surface area contributed by atoms with Crippen molar-refractivity contribution in [2.75, 3.05) is 32.8 Å². The van der Waals surface area contributed by atoms with Crippen molar-refractivity contribution >= 4 is 0 Å². The van der Waals surface area contributed by atoms with Gasteiger partial charge in [-0.05, 0) is 32.1 Å². The maximum Gasteiger partial charge on any atom is 0.0593 e. The molecule has 1 N–H and O–H groups in total. The highest BCUT2D eigenvalue weighted by atomic mass is 16.5. The van der Waals surface area contributed by atoms with Crippen molar-refractivity contribution < 1.29 is 4.74 Å². The average Bonchev–Trinajstić information content (AvgIpc) is 2.83. The summed E-state index contributed by atoms with van der Waals surface area (Å²) in [5.74, 6) is 0.781. The molecule has 1 saturated carbocycles. The lowest BCUT2D eigenvalue weighted by Crippen LogP contribution is -2.64. The number of nitrogens with one attached hydrogen (secondary N) is 1. The molecule has 0 aromatic heterocycles. The highest BCUT2D eigenvalue weighted by molar-refractivity contribution is 5.01. The van der Waals surface area contributed by atoms with Crippen LogP contribution >= 0.6 is 0 Å². The molecular formula is C16H32N2O. The molecule has 0 amide bonds. The molecule has 112 valence electrons. The standard InChI is InChI=1S/C16H32N2O/c1-4-19-10-9-18-12-15(11-14(2)3)17-13-16(18)7-5-6-8-16/h14-15,17H,4-13H2,1-3H3. The molecule has 19 heavy (non-hydrogen) atoms. The average molecular weight is 268 g/mol. The molecule has 1 heterocycles. The minimum Gasteiger partial charge on any atom is -0.380 e. The number of ether oxygens (including phenoxy) is 1. The molecule has 0 aromatic rings. The van der Waals surface area contributed by atoms with Crippen LogP contribution in [0.15, 0.2) is 0 Å². The Labute approximate surface area is 119 Å². The zero-order chi connectivity index (χ0) is 13.7. The van der Waals surface area contributed by atoms with E-state index in [1.54, 1.807) is 0 Å². The van der Waals surface area contributed by atoms with Crippen LogP contribution in [0.5, 0.6) is 0 Å². The molecule has 2 fully saturated rings.